The average Bonchev–Trinajstić information content (AvgIpc) is 2.04. The van der Waals surface area contributed by atoms with Gasteiger partial charge in [-0.1, -0.05) is 13.8 Å². The highest BCUT2D eigenvalue weighted by atomic mass is 16.5. The largest absolute Gasteiger partial charge is 0.619 e. The Balaban J connectivity index is 2.69. The summed E-state index contributed by atoms with van der Waals surface area (Å²) in [4.78, 5) is 11.3. The van der Waals surface area contributed by atoms with Crippen LogP contribution in [0.25, 0.3) is 0 Å². The molecular formula is C10H13NO2. The van der Waals surface area contributed by atoms with Crippen LogP contribution in [0.1, 0.15) is 19.4 Å². The number of carbonyl (C=O) groups is 1. The molecule has 0 aliphatic carbocycles. The summed E-state index contributed by atoms with van der Waals surface area (Å²) in [6.07, 6.45) is 3.18. The van der Waals surface area contributed by atoms with Crippen molar-refractivity contribution in [2.75, 3.05) is 0 Å². The minimum absolute atomic E-state index is 0.0281. The van der Waals surface area contributed by atoms with Crippen LogP contribution >= 0.6 is 0 Å². The highest BCUT2D eigenvalue weighted by molar-refractivity contribution is 5.82. The SMILES string of the molecule is CC(C)C(=O)Cc1ccc[n+]([O-])c1. The number of ketones is 1. The quantitative estimate of drug-likeness (QED) is 0.515. The third kappa shape index (κ3) is 2.86. The summed E-state index contributed by atoms with van der Waals surface area (Å²) in [7, 11) is 0. The summed E-state index contributed by atoms with van der Waals surface area (Å²) in [6, 6.07) is 3.44. The van der Waals surface area contributed by atoms with Gasteiger partial charge in [-0.2, -0.15) is 4.73 Å². The van der Waals surface area contributed by atoms with Crippen LogP contribution in [-0.4, -0.2) is 5.78 Å². The van der Waals surface area contributed by atoms with Gasteiger partial charge in [0, 0.05) is 24.0 Å². The molecule has 3 heteroatoms. The average molecular weight is 179 g/mol. The zero-order valence-corrected chi connectivity index (χ0v) is 7.86. The van der Waals surface area contributed by atoms with Crippen LogP contribution in [0.4, 0.5) is 0 Å². The van der Waals surface area contributed by atoms with E-state index in [1.54, 1.807) is 12.1 Å². The van der Waals surface area contributed by atoms with E-state index in [1.807, 2.05) is 13.8 Å². The first-order chi connectivity index (χ1) is 6.09. The minimum atomic E-state index is 0.0281. The molecule has 1 aromatic heterocycles. The van der Waals surface area contributed by atoms with Gasteiger partial charge in [-0.15, -0.1) is 0 Å². The van der Waals surface area contributed by atoms with Gasteiger partial charge in [0.25, 0.3) is 0 Å². The molecule has 0 unspecified atom stereocenters. The maximum Gasteiger partial charge on any atom is 0.183 e. The van der Waals surface area contributed by atoms with Crippen molar-refractivity contribution in [2.45, 2.75) is 20.3 Å². The van der Waals surface area contributed by atoms with Gasteiger partial charge < -0.3 is 5.21 Å². The first-order valence-electron chi connectivity index (χ1n) is 4.30. The van der Waals surface area contributed by atoms with Crippen LogP contribution in [0.15, 0.2) is 24.5 Å². The van der Waals surface area contributed by atoms with Gasteiger partial charge in [-0.05, 0) is 6.07 Å². The molecule has 13 heavy (non-hydrogen) atoms. The number of Topliss-reactive ketones (excluding diaryl/α,β-unsaturated/α-hetero) is 1. The molecule has 0 atom stereocenters. The molecule has 70 valence electrons. The van der Waals surface area contributed by atoms with Crippen LogP contribution in [0.2, 0.25) is 0 Å². The number of nitrogens with zero attached hydrogens (tertiary/aromatic N) is 1. The van der Waals surface area contributed by atoms with Crippen LogP contribution in [0.5, 0.6) is 0 Å². The lowest BCUT2D eigenvalue weighted by Crippen LogP contribution is -2.25. The summed E-state index contributed by atoms with van der Waals surface area (Å²) in [5, 5.41) is 10.8. The van der Waals surface area contributed by atoms with E-state index >= 15 is 0 Å². The zero-order chi connectivity index (χ0) is 9.84. The van der Waals surface area contributed by atoms with Gasteiger partial charge in [-0.25, -0.2) is 0 Å². The highest BCUT2D eigenvalue weighted by Gasteiger charge is 2.09. The Kier molecular flexibility index (Phi) is 3.01. The van der Waals surface area contributed by atoms with Gasteiger partial charge in [0.2, 0.25) is 0 Å². The Hall–Kier alpha value is -1.38. The predicted octanol–water partition coefficient (Wildman–Crippen LogP) is 1.09. The number of carbonyl (C=O) groups excluding carboxylic acids is 1. The smallest absolute Gasteiger partial charge is 0.183 e. The Bertz CT molecular complexity index is 308. The van der Waals surface area contributed by atoms with Crippen molar-refractivity contribution < 1.29 is 9.52 Å². The van der Waals surface area contributed by atoms with Crippen LogP contribution in [-0.2, 0) is 11.2 Å². The molecule has 0 aliphatic heterocycles. The zero-order valence-electron chi connectivity index (χ0n) is 7.86. The lowest BCUT2D eigenvalue weighted by Gasteiger charge is -2.03. The van der Waals surface area contributed by atoms with Gasteiger partial charge in [-0.3, -0.25) is 4.79 Å². The molecule has 0 N–H and O–H groups in total. The molecule has 0 aliphatic rings. The molecule has 0 amide bonds. The van der Waals surface area contributed by atoms with Crippen molar-refractivity contribution in [3.63, 3.8) is 0 Å². The predicted molar refractivity (Wildman–Crippen MR) is 49.0 cm³/mol. The van der Waals surface area contributed by atoms with Gasteiger partial charge in [0.1, 0.15) is 5.78 Å². The van der Waals surface area contributed by atoms with Crippen LogP contribution < -0.4 is 4.73 Å². The lowest BCUT2D eigenvalue weighted by atomic mass is 10.0. The van der Waals surface area contributed by atoms with E-state index < -0.39 is 0 Å². The van der Waals surface area contributed by atoms with Crippen molar-refractivity contribution in [3.8, 4) is 0 Å². The summed E-state index contributed by atoms with van der Waals surface area (Å²) in [5.74, 6) is 0.187. The first-order valence-corrected chi connectivity index (χ1v) is 4.30. The van der Waals surface area contributed by atoms with Gasteiger partial charge >= 0.3 is 0 Å². The van der Waals surface area contributed by atoms with Crippen LogP contribution in [0.3, 0.4) is 0 Å². The standard InChI is InChI=1S/C10H13NO2/c1-8(2)10(12)6-9-4-3-5-11(13)7-9/h3-5,7-8H,6H2,1-2H3. The maximum absolute atomic E-state index is 11.3. The van der Waals surface area contributed by atoms with Gasteiger partial charge in [0.15, 0.2) is 12.4 Å². The highest BCUT2D eigenvalue weighted by Crippen LogP contribution is 2.02. The molecule has 0 fully saturated rings. The van der Waals surface area contributed by atoms with E-state index in [0.29, 0.717) is 11.2 Å². The molecule has 0 saturated heterocycles. The van der Waals surface area contributed by atoms with E-state index in [4.69, 9.17) is 0 Å². The first kappa shape index (κ1) is 9.71. The minimum Gasteiger partial charge on any atom is -0.619 e. The van der Waals surface area contributed by atoms with E-state index in [2.05, 4.69) is 0 Å². The number of hydrogen-bond donors (Lipinski definition) is 0. The fraction of sp³-hybridized carbons (Fsp3) is 0.400. The third-order valence-corrected chi connectivity index (χ3v) is 1.86. The van der Waals surface area contributed by atoms with Crippen molar-refractivity contribution >= 4 is 5.78 Å². The van der Waals surface area contributed by atoms with Crippen molar-refractivity contribution in [1.82, 2.24) is 0 Å². The van der Waals surface area contributed by atoms with E-state index in [1.165, 1.54) is 12.4 Å². The molecule has 0 radical (unpaired) electrons. The molecule has 1 rings (SSSR count). The van der Waals surface area contributed by atoms with E-state index in [-0.39, 0.29) is 11.7 Å². The molecule has 0 saturated carbocycles. The second kappa shape index (κ2) is 4.03. The Labute approximate surface area is 77.6 Å². The maximum atomic E-state index is 11.3. The summed E-state index contributed by atoms with van der Waals surface area (Å²) < 4.78 is 0.711. The molecule has 0 bridgehead atoms. The molecular weight excluding hydrogens is 166 g/mol. The topological polar surface area (TPSA) is 44.0 Å². The number of rotatable bonds is 3. The second-order valence-electron chi connectivity index (χ2n) is 3.37. The van der Waals surface area contributed by atoms with Gasteiger partial charge in [0.05, 0.1) is 0 Å². The second-order valence-corrected chi connectivity index (χ2v) is 3.37. The van der Waals surface area contributed by atoms with Crippen LogP contribution in [0, 0.1) is 11.1 Å². The molecule has 1 aromatic rings. The van der Waals surface area contributed by atoms with Crippen molar-refractivity contribution in [3.05, 3.63) is 35.3 Å². The molecule has 1 heterocycles. The third-order valence-electron chi connectivity index (χ3n) is 1.86. The molecule has 0 spiro atoms. The fourth-order valence-corrected chi connectivity index (χ4v) is 1.01. The van der Waals surface area contributed by atoms with E-state index in [0.717, 1.165) is 5.56 Å². The Morgan fingerprint density at radius 1 is 1.62 bits per heavy atom. The summed E-state index contributed by atoms with van der Waals surface area (Å²) >= 11 is 0. The fourth-order valence-electron chi connectivity index (χ4n) is 1.01. The normalized spacial score (nSPS) is 10.4. The monoisotopic (exact) mass is 179 g/mol. The summed E-state index contributed by atoms with van der Waals surface area (Å²) in [5.41, 5.74) is 0.774. The molecule has 0 aromatic carbocycles. The number of aromatic nitrogens is 1. The lowest BCUT2D eigenvalue weighted by molar-refractivity contribution is -0.605. The Morgan fingerprint density at radius 2 is 2.31 bits per heavy atom. The van der Waals surface area contributed by atoms with E-state index in [9.17, 15) is 10.0 Å². The number of hydrogen-bond acceptors (Lipinski definition) is 2. The number of pyridine rings is 1. The van der Waals surface area contributed by atoms with Crippen molar-refractivity contribution in [2.24, 2.45) is 5.92 Å². The van der Waals surface area contributed by atoms with Crippen molar-refractivity contribution in [1.29, 1.82) is 0 Å². The molecule has 3 nitrogen and oxygen atoms in total. The Morgan fingerprint density at radius 3 is 2.85 bits per heavy atom. The summed E-state index contributed by atoms with van der Waals surface area (Å²) in [6.45, 7) is 3.72.